The van der Waals surface area contributed by atoms with Crippen molar-refractivity contribution in [1.29, 1.82) is 0 Å². The molecule has 1 aliphatic heterocycles. The number of aliphatic carboxylic acids is 7. The smallest absolute Gasteiger partial charge is 0.326 e. The van der Waals surface area contributed by atoms with E-state index in [-0.39, 0.29) is 110 Å². The summed E-state index contributed by atoms with van der Waals surface area (Å²) in [4.78, 5) is 127. The first-order valence-electron chi connectivity index (χ1n) is 25.8. The highest BCUT2D eigenvalue weighted by molar-refractivity contribution is 7.80. The molecular formula is C51H74N10O17S. The molecule has 79 heavy (non-hydrogen) atoms. The van der Waals surface area contributed by atoms with Gasteiger partial charge in [0.25, 0.3) is 0 Å². The fraction of sp³-hybridized carbons (Fsp3) is 0.549. The summed E-state index contributed by atoms with van der Waals surface area (Å²) in [5, 5.41) is 82.9. The number of hydrogen-bond acceptors (Lipinski definition) is 15. The highest BCUT2D eigenvalue weighted by Crippen LogP contribution is 2.17. The third kappa shape index (κ3) is 28.6. The van der Waals surface area contributed by atoms with Crippen LogP contribution in [0.25, 0.3) is 0 Å². The minimum atomic E-state index is -1.55. The minimum absolute atomic E-state index is 0.0641. The van der Waals surface area contributed by atoms with Gasteiger partial charge in [-0.1, -0.05) is 48.9 Å². The van der Waals surface area contributed by atoms with Crippen molar-refractivity contribution in [1.82, 2.24) is 46.2 Å². The molecule has 13 N–H and O–H groups in total. The fourth-order valence-corrected chi connectivity index (χ4v) is 8.81. The second kappa shape index (κ2) is 35.8. The molecule has 0 bridgehead atoms. The predicted molar refractivity (Wildman–Crippen MR) is 288 cm³/mol. The van der Waals surface area contributed by atoms with Gasteiger partial charge >= 0.3 is 47.8 Å². The van der Waals surface area contributed by atoms with E-state index in [4.69, 9.17) is 17.3 Å². The summed E-state index contributed by atoms with van der Waals surface area (Å²) in [6.07, 6.45) is 1.98. The number of thiocarbonyl (C=S) groups is 1. The van der Waals surface area contributed by atoms with Gasteiger partial charge in [0, 0.05) is 89.9 Å². The number of urea groups is 1. The number of amides is 4. The standard InChI is InChI=1S/C51H74N10O17S/c62-41(55-40(28-34-9-3-1-4-10-34)47(73)52-19-8-6-11-38(48(74)75)56-50(78)57-39(49(76)77)17-18-42(63)64)12-5-2-7-20-53-51(79)54-36-15-13-35(14-16-36)27-37-29-60(32-45(69)70)24-23-58(30-43(65)66)21-22-59(31-44(67)68)25-26-61(37)33-46(71)72/h1,3-4,9-10,13-16,37-40H,2,5-8,11-12,17-33H2,(H,52,73)(H,55,62)(H,63,64)(H,65,66)(H,67,68)(H,69,70)(H,71,72)(H,74,75)(H,76,77)(H2,53,54,79)(H2,56,57,78)/t37?,38-,39-,40-/m0/s1. The molecule has 0 saturated carbocycles. The number of carbonyl (C=O) groups is 10. The SMILES string of the molecule is O=C(O)CC[C@H](NC(=O)N[C@@H](CCCCNC(=O)[C@H](Cc1ccccc1)NC(=O)CCCCCNC(=S)Nc1ccc(CC2CN(CC(=O)O)CCN(CC(=O)O)CCN(CC(=O)O)CCN2CC(=O)O)cc1)C(=O)O)C(=O)O. The van der Waals surface area contributed by atoms with E-state index in [9.17, 15) is 78.6 Å². The molecule has 1 unspecified atom stereocenters. The summed E-state index contributed by atoms with van der Waals surface area (Å²) >= 11 is 5.51. The first kappa shape index (κ1) is 65.8. The molecule has 2 aromatic rings. The summed E-state index contributed by atoms with van der Waals surface area (Å²) in [5.41, 5.74) is 2.25. The number of carboxylic acid groups (broad SMARTS) is 7. The van der Waals surface area contributed by atoms with Gasteiger partial charge in [-0.2, -0.15) is 0 Å². The lowest BCUT2D eigenvalue weighted by Gasteiger charge is -2.37. The first-order valence-corrected chi connectivity index (χ1v) is 26.2. The topological polar surface area (TPSA) is 397 Å². The molecule has 3 rings (SSSR count). The molecule has 0 spiro atoms. The van der Waals surface area contributed by atoms with Gasteiger partial charge in [0.05, 0.1) is 26.2 Å². The highest BCUT2D eigenvalue weighted by Gasteiger charge is 2.29. The van der Waals surface area contributed by atoms with Crippen LogP contribution in [0.4, 0.5) is 10.5 Å². The molecule has 1 heterocycles. The molecule has 436 valence electrons. The van der Waals surface area contributed by atoms with E-state index in [2.05, 4.69) is 31.9 Å². The Hall–Kier alpha value is -7.53. The van der Waals surface area contributed by atoms with Crippen LogP contribution in [0, 0.1) is 0 Å². The maximum absolute atomic E-state index is 13.3. The number of nitrogens with one attached hydrogen (secondary N) is 6. The van der Waals surface area contributed by atoms with E-state index in [0.717, 1.165) is 11.1 Å². The van der Waals surface area contributed by atoms with Gasteiger partial charge < -0.3 is 67.6 Å². The van der Waals surface area contributed by atoms with Gasteiger partial charge in [-0.05, 0) is 80.4 Å². The van der Waals surface area contributed by atoms with E-state index in [1.165, 1.54) is 0 Å². The molecule has 0 aromatic heterocycles. The van der Waals surface area contributed by atoms with Crippen molar-refractivity contribution in [3.63, 3.8) is 0 Å². The molecule has 28 heteroatoms. The third-order valence-corrected chi connectivity index (χ3v) is 12.9. The van der Waals surface area contributed by atoms with Gasteiger partial charge in [-0.3, -0.25) is 53.2 Å². The molecule has 1 fully saturated rings. The second-order valence-electron chi connectivity index (χ2n) is 19.0. The Balaban J connectivity index is 1.50. The van der Waals surface area contributed by atoms with Gasteiger partial charge in [0.15, 0.2) is 5.11 Å². The van der Waals surface area contributed by atoms with Crippen molar-refractivity contribution < 1.29 is 83.7 Å². The average molecular weight is 1130 g/mol. The summed E-state index contributed by atoms with van der Waals surface area (Å²) in [6.45, 7) is 0.357. The van der Waals surface area contributed by atoms with Gasteiger partial charge in [0.2, 0.25) is 11.8 Å². The van der Waals surface area contributed by atoms with Crippen molar-refractivity contribution in [2.24, 2.45) is 0 Å². The largest absolute Gasteiger partial charge is 0.481 e. The number of unbranched alkanes of at least 4 members (excludes halogenated alkanes) is 3. The van der Waals surface area contributed by atoms with Gasteiger partial charge in [-0.15, -0.1) is 0 Å². The van der Waals surface area contributed by atoms with Crippen LogP contribution < -0.4 is 31.9 Å². The number of rotatable bonds is 33. The Bertz CT molecular complexity index is 2350. The molecule has 4 amide bonds. The van der Waals surface area contributed by atoms with Crippen LogP contribution in [0.1, 0.15) is 68.9 Å². The molecule has 2 aromatic carbocycles. The lowest BCUT2D eigenvalue weighted by Crippen LogP contribution is -2.53. The van der Waals surface area contributed by atoms with Gasteiger partial charge in [0.1, 0.15) is 18.1 Å². The van der Waals surface area contributed by atoms with E-state index >= 15 is 0 Å². The second-order valence-corrected chi connectivity index (χ2v) is 19.4. The Morgan fingerprint density at radius 1 is 0.519 bits per heavy atom. The van der Waals surface area contributed by atoms with Crippen LogP contribution in [0.5, 0.6) is 0 Å². The van der Waals surface area contributed by atoms with Gasteiger partial charge in [-0.25, -0.2) is 14.4 Å². The van der Waals surface area contributed by atoms with Crippen LogP contribution >= 0.6 is 12.2 Å². The van der Waals surface area contributed by atoms with Crippen molar-refractivity contribution in [3.05, 3.63) is 65.7 Å². The number of benzene rings is 2. The predicted octanol–water partition coefficient (Wildman–Crippen LogP) is 0.0889. The van der Waals surface area contributed by atoms with E-state index < -0.39 is 90.7 Å². The summed E-state index contributed by atoms with van der Waals surface area (Å²) in [7, 11) is 0. The maximum atomic E-state index is 13.3. The molecule has 1 aliphatic rings. The van der Waals surface area contributed by atoms with E-state index in [1.54, 1.807) is 43.9 Å². The Morgan fingerprint density at radius 3 is 1.62 bits per heavy atom. The summed E-state index contributed by atoms with van der Waals surface area (Å²) in [6, 6.07) is 10.8. The number of hydrogen-bond donors (Lipinski definition) is 13. The maximum Gasteiger partial charge on any atom is 0.326 e. The number of carboxylic acids is 7. The van der Waals surface area contributed by atoms with Crippen molar-refractivity contribution in [3.8, 4) is 0 Å². The quantitative estimate of drug-likeness (QED) is 0.0333. The van der Waals surface area contributed by atoms with Crippen LogP contribution in [-0.4, -0.2) is 229 Å². The normalized spacial score (nSPS) is 16.0. The Kier molecular flexibility index (Phi) is 29.8. The summed E-state index contributed by atoms with van der Waals surface area (Å²) < 4.78 is 0. The van der Waals surface area contributed by atoms with Crippen LogP contribution in [0.3, 0.4) is 0 Å². The van der Waals surface area contributed by atoms with Crippen LogP contribution in [0.15, 0.2) is 54.6 Å². The van der Waals surface area contributed by atoms with Crippen molar-refractivity contribution in [2.45, 2.75) is 94.8 Å². The zero-order valence-corrected chi connectivity index (χ0v) is 44.7. The average Bonchev–Trinajstić information content (AvgIpc) is 3.37. The number of nitrogens with zero attached hydrogens (tertiary/aromatic N) is 4. The van der Waals surface area contributed by atoms with Crippen LogP contribution in [0.2, 0.25) is 0 Å². The monoisotopic (exact) mass is 1130 g/mol. The summed E-state index contributed by atoms with van der Waals surface area (Å²) in [5.74, 6) is -9.32. The Labute approximate surface area is 462 Å². The lowest BCUT2D eigenvalue weighted by molar-refractivity contribution is -0.142. The highest BCUT2D eigenvalue weighted by atomic mass is 32.1. The molecule has 0 aliphatic carbocycles. The molecule has 4 atom stereocenters. The van der Waals surface area contributed by atoms with Crippen LogP contribution in [-0.2, 0) is 56.0 Å². The number of carbonyl (C=O) groups excluding carboxylic acids is 3. The number of anilines is 1. The lowest BCUT2D eigenvalue weighted by atomic mass is 10.0. The fourth-order valence-electron chi connectivity index (χ4n) is 8.59. The zero-order valence-electron chi connectivity index (χ0n) is 43.9. The Morgan fingerprint density at radius 2 is 1.05 bits per heavy atom. The zero-order chi connectivity index (χ0) is 58.3. The minimum Gasteiger partial charge on any atom is -0.481 e. The van der Waals surface area contributed by atoms with E-state index in [1.807, 2.05) is 30.3 Å². The van der Waals surface area contributed by atoms with Crippen molar-refractivity contribution in [2.75, 3.05) is 90.4 Å². The van der Waals surface area contributed by atoms with E-state index in [0.29, 0.717) is 49.4 Å². The molecular weight excluding hydrogens is 1060 g/mol. The van der Waals surface area contributed by atoms with Crippen molar-refractivity contribution >= 4 is 82.6 Å². The molecule has 1 saturated heterocycles. The molecule has 27 nitrogen and oxygen atoms in total. The third-order valence-electron chi connectivity index (χ3n) is 12.6. The first-order chi connectivity index (χ1) is 37.6. The molecule has 0 radical (unpaired) electrons.